The van der Waals surface area contributed by atoms with E-state index in [2.05, 4.69) is 48.3 Å². The molecule has 1 amide bonds. The molecule has 0 radical (unpaired) electrons. The first-order valence-corrected chi connectivity index (χ1v) is 10.9. The third-order valence-corrected chi connectivity index (χ3v) is 6.49. The smallest absolute Gasteiger partial charge is 0.266 e. The second kappa shape index (κ2) is 8.72. The molecule has 0 saturated carbocycles. The van der Waals surface area contributed by atoms with Gasteiger partial charge in [-0.3, -0.25) is 9.69 Å². The number of carbonyl (C=O) groups excluding carboxylic acids is 1. The fourth-order valence-electron chi connectivity index (χ4n) is 2.79. The Morgan fingerprint density at radius 2 is 1.52 bits per heavy atom. The second-order valence-corrected chi connectivity index (χ2v) is 8.84. The molecule has 0 aromatic heterocycles. The van der Waals surface area contributed by atoms with Gasteiger partial charge in [0.2, 0.25) is 0 Å². The van der Waals surface area contributed by atoms with Gasteiger partial charge in [0.1, 0.15) is 0 Å². The number of benzene rings is 3. The maximum Gasteiger partial charge on any atom is 0.266 e. The third-order valence-electron chi connectivity index (χ3n) is 4.42. The van der Waals surface area contributed by atoms with Crippen molar-refractivity contribution >= 4 is 46.4 Å². The van der Waals surface area contributed by atoms with Crippen LogP contribution in [0.5, 0.6) is 0 Å². The standard InChI is InChI=1S/C24H20N2OS2/c1-17-8-12-20(13-9-17)28-21-14-10-18(11-15-21)16-22-23(27)26(2)24(29-22)25-19-6-4-3-5-7-19/h3-16H,1-2H3/b22-16-,25-24?. The molecule has 0 N–H and O–H groups in total. The number of amides is 1. The van der Waals surface area contributed by atoms with Gasteiger partial charge in [-0.05, 0) is 66.7 Å². The van der Waals surface area contributed by atoms with Crippen LogP contribution in [0.3, 0.4) is 0 Å². The highest BCUT2D eigenvalue weighted by Gasteiger charge is 2.30. The van der Waals surface area contributed by atoms with Crippen LogP contribution in [0.2, 0.25) is 0 Å². The highest BCUT2D eigenvalue weighted by atomic mass is 32.2. The van der Waals surface area contributed by atoms with Crippen molar-refractivity contribution in [3.8, 4) is 0 Å². The van der Waals surface area contributed by atoms with Crippen LogP contribution in [0.1, 0.15) is 11.1 Å². The average molecular weight is 417 g/mol. The number of amidine groups is 1. The van der Waals surface area contributed by atoms with E-state index in [1.807, 2.05) is 48.5 Å². The summed E-state index contributed by atoms with van der Waals surface area (Å²) in [5.74, 6) is -0.0252. The number of rotatable bonds is 4. The molecule has 0 aliphatic carbocycles. The lowest BCUT2D eigenvalue weighted by atomic mass is 10.2. The molecule has 144 valence electrons. The number of thioether (sulfide) groups is 1. The molecule has 3 aromatic rings. The molecule has 1 heterocycles. The number of likely N-dealkylation sites (N-methyl/N-ethyl adjacent to an activating group) is 1. The van der Waals surface area contributed by atoms with E-state index in [1.54, 1.807) is 23.7 Å². The first-order chi connectivity index (χ1) is 14.1. The molecule has 0 spiro atoms. The van der Waals surface area contributed by atoms with E-state index in [1.165, 1.54) is 27.1 Å². The molecule has 0 unspecified atom stereocenters. The van der Waals surface area contributed by atoms with Crippen LogP contribution in [0.4, 0.5) is 5.69 Å². The average Bonchev–Trinajstić information content (AvgIpc) is 3.00. The van der Waals surface area contributed by atoms with Gasteiger partial charge in [-0.25, -0.2) is 4.99 Å². The number of nitrogens with zero attached hydrogens (tertiary/aromatic N) is 2. The van der Waals surface area contributed by atoms with Gasteiger partial charge < -0.3 is 0 Å². The maximum absolute atomic E-state index is 12.6. The Labute approximate surface area is 179 Å². The zero-order chi connectivity index (χ0) is 20.2. The summed E-state index contributed by atoms with van der Waals surface area (Å²) in [7, 11) is 1.76. The van der Waals surface area contributed by atoms with E-state index in [9.17, 15) is 4.79 Å². The van der Waals surface area contributed by atoms with Crippen molar-refractivity contribution in [2.45, 2.75) is 16.7 Å². The van der Waals surface area contributed by atoms with Crippen LogP contribution >= 0.6 is 23.5 Å². The molecule has 0 bridgehead atoms. The minimum atomic E-state index is -0.0252. The summed E-state index contributed by atoms with van der Waals surface area (Å²) < 4.78 is 0. The normalized spacial score (nSPS) is 16.8. The van der Waals surface area contributed by atoms with Crippen molar-refractivity contribution in [2.24, 2.45) is 4.99 Å². The van der Waals surface area contributed by atoms with E-state index in [0.29, 0.717) is 10.1 Å². The first-order valence-electron chi connectivity index (χ1n) is 9.24. The number of hydrogen-bond donors (Lipinski definition) is 0. The number of aliphatic imine (C=N–C) groups is 1. The fraction of sp³-hybridized carbons (Fsp3) is 0.0833. The Balaban J connectivity index is 1.49. The molecule has 29 heavy (non-hydrogen) atoms. The van der Waals surface area contributed by atoms with Crippen LogP contribution in [-0.4, -0.2) is 23.0 Å². The number of aryl methyl sites for hydroxylation is 1. The van der Waals surface area contributed by atoms with Crippen molar-refractivity contribution in [3.63, 3.8) is 0 Å². The zero-order valence-corrected chi connectivity index (χ0v) is 17.8. The molecule has 1 fully saturated rings. The van der Waals surface area contributed by atoms with Crippen molar-refractivity contribution in [1.29, 1.82) is 0 Å². The number of carbonyl (C=O) groups is 1. The molecular formula is C24H20N2OS2. The van der Waals surface area contributed by atoms with Crippen molar-refractivity contribution in [3.05, 3.63) is 94.9 Å². The van der Waals surface area contributed by atoms with E-state index >= 15 is 0 Å². The number of hydrogen-bond acceptors (Lipinski definition) is 4. The fourth-order valence-corrected chi connectivity index (χ4v) is 4.59. The van der Waals surface area contributed by atoms with Gasteiger partial charge in [0.25, 0.3) is 5.91 Å². The van der Waals surface area contributed by atoms with Crippen LogP contribution < -0.4 is 0 Å². The minimum absolute atomic E-state index is 0.0252. The molecule has 0 atom stereocenters. The second-order valence-electron chi connectivity index (χ2n) is 6.69. The van der Waals surface area contributed by atoms with Gasteiger partial charge in [-0.2, -0.15) is 0 Å². The topological polar surface area (TPSA) is 32.7 Å². The third kappa shape index (κ3) is 4.81. The SMILES string of the molecule is Cc1ccc(Sc2ccc(/C=C3\SC(=Nc4ccccc4)N(C)C3=O)cc2)cc1. The van der Waals surface area contributed by atoms with E-state index in [-0.39, 0.29) is 5.91 Å². The Morgan fingerprint density at radius 3 is 2.17 bits per heavy atom. The summed E-state index contributed by atoms with van der Waals surface area (Å²) in [6.45, 7) is 2.09. The van der Waals surface area contributed by atoms with Gasteiger partial charge in [0.15, 0.2) is 5.17 Å². The summed E-state index contributed by atoms with van der Waals surface area (Å²) in [5, 5.41) is 0.694. The molecule has 1 aliphatic rings. The Morgan fingerprint density at radius 1 is 0.897 bits per heavy atom. The lowest BCUT2D eigenvalue weighted by Gasteiger charge is -2.06. The van der Waals surface area contributed by atoms with Gasteiger partial charge in [0, 0.05) is 16.8 Å². The summed E-state index contributed by atoms with van der Waals surface area (Å²) in [4.78, 5) is 21.9. The molecular weight excluding hydrogens is 396 g/mol. The highest BCUT2D eigenvalue weighted by molar-refractivity contribution is 8.18. The predicted molar refractivity (Wildman–Crippen MR) is 124 cm³/mol. The lowest BCUT2D eigenvalue weighted by Crippen LogP contribution is -2.23. The van der Waals surface area contributed by atoms with Crippen LogP contribution in [0, 0.1) is 6.92 Å². The molecule has 3 aromatic carbocycles. The van der Waals surface area contributed by atoms with Crippen molar-refractivity contribution < 1.29 is 4.79 Å². The molecule has 5 heteroatoms. The zero-order valence-electron chi connectivity index (χ0n) is 16.2. The van der Waals surface area contributed by atoms with Gasteiger partial charge in [-0.1, -0.05) is 59.8 Å². The summed E-state index contributed by atoms with van der Waals surface area (Å²) in [5.41, 5.74) is 3.10. The van der Waals surface area contributed by atoms with Crippen LogP contribution in [0.25, 0.3) is 6.08 Å². The predicted octanol–water partition coefficient (Wildman–Crippen LogP) is 6.38. The van der Waals surface area contributed by atoms with E-state index in [4.69, 9.17) is 0 Å². The lowest BCUT2D eigenvalue weighted by molar-refractivity contribution is -0.121. The Bertz CT molecular complexity index is 1070. The highest BCUT2D eigenvalue weighted by Crippen LogP contribution is 2.34. The molecule has 4 rings (SSSR count). The van der Waals surface area contributed by atoms with Gasteiger partial charge in [-0.15, -0.1) is 0 Å². The minimum Gasteiger partial charge on any atom is -0.290 e. The first kappa shape index (κ1) is 19.6. The van der Waals surface area contributed by atoms with Crippen LogP contribution in [0.15, 0.2) is 98.6 Å². The quantitative estimate of drug-likeness (QED) is 0.463. The molecule has 1 saturated heterocycles. The van der Waals surface area contributed by atoms with E-state index < -0.39 is 0 Å². The van der Waals surface area contributed by atoms with Crippen LogP contribution in [-0.2, 0) is 4.79 Å². The summed E-state index contributed by atoms with van der Waals surface area (Å²) in [6, 6.07) is 26.5. The summed E-state index contributed by atoms with van der Waals surface area (Å²) in [6.07, 6.45) is 1.93. The Kier molecular flexibility index (Phi) is 5.88. The van der Waals surface area contributed by atoms with E-state index in [0.717, 1.165) is 11.3 Å². The van der Waals surface area contributed by atoms with Crippen molar-refractivity contribution in [2.75, 3.05) is 7.05 Å². The van der Waals surface area contributed by atoms with Gasteiger partial charge >= 0.3 is 0 Å². The number of para-hydroxylation sites is 1. The maximum atomic E-state index is 12.6. The molecule has 1 aliphatic heterocycles. The van der Waals surface area contributed by atoms with Gasteiger partial charge in [0.05, 0.1) is 10.6 Å². The Hall–Kier alpha value is -2.76. The molecule has 3 nitrogen and oxygen atoms in total. The van der Waals surface area contributed by atoms with Crippen molar-refractivity contribution in [1.82, 2.24) is 4.90 Å². The monoisotopic (exact) mass is 416 g/mol. The largest absolute Gasteiger partial charge is 0.290 e. The summed E-state index contributed by atoms with van der Waals surface area (Å²) >= 11 is 3.14.